The van der Waals surface area contributed by atoms with Crippen LogP contribution in [0.25, 0.3) is 0 Å². The molecule has 0 fully saturated rings. The summed E-state index contributed by atoms with van der Waals surface area (Å²) < 4.78 is 13.0. The number of carbonyl (C=O) groups excluding carboxylic acids is 1. The Morgan fingerprint density at radius 1 is 1.50 bits per heavy atom. The first-order valence-corrected chi connectivity index (χ1v) is 6.21. The van der Waals surface area contributed by atoms with E-state index in [1.807, 2.05) is 24.5 Å². The van der Waals surface area contributed by atoms with E-state index in [9.17, 15) is 9.00 Å². The molecule has 4 heteroatoms. The molecule has 1 rings (SSSR count). The maximum absolute atomic E-state index is 10.9. The molecule has 0 aliphatic heterocycles. The van der Waals surface area contributed by atoms with Crippen LogP contribution < -0.4 is 0 Å². The number of hydrogen-bond donors (Lipinski definition) is 0. The fourth-order valence-corrected chi connectivity index (χ4v) is 1.95. The van der Waals surface area contributed by atoms with Crippen LogP contribution in [0.1, 0.15) is 21.7 Å². The smallest absolute Gasteiger partial charge is 0.151 e. The van der Waals surface area contributed by atoms with E-state index in [4.69, 9.17) is 0 Å². The zero-order valence-corrected chi connectivity index (χ0v) is 9.56. The van der Waals surface area contributed by atoms with Crippen LogP contribution in [-0.2, 0) is 17.3 Å². The molecule has 0 radical (unpaired) electrons. The maximum Gasteiger partial charge on any atom is 0.151 e. The van der Waals surface area contributed by atoms with E-state index in [0.29, 0.717) is 12.3 Å². The van der Waals surface area contributed by atoms with Crippen molar-refractivity contribution in [1.29, 1.82) is 0 Å². The van der Waals surface area contributed by atoms with Gasteiger partial charge in [0.2, 0.25) is 0 Å². The van der Waals surface area contributed by atoms with Crippen molar-refractivity contribution < 1.29 is 9.00 Å². The molecule has 0 aromatic carbocycles. The van der Waals surface area contributed by atoms with Crippen molar-refractivity contribution in [2.45, 2.75) is 20.4 Å². The van der Waals surface area contributed by atoms with Crippen LogP contribution in [0.2, 0.25) is 0 Å². The number of carbonyl (C=O) groups is 1. The molecule has 14 heavy (non-hydrogen) atoms. The quantitative estimate of drug-likeness (QED) is 0.707. The molecule has 0 aliphatic rings. The SMILES string of the molecule is Cc1cc(C=O)c(C)n1CCS(C)=O. The second kappa shape index (κ2) is 4.55. The van der Waals surface area contributed by atoms with Gasteiger partial charge in [-0.05, 0) is 19.9 Å². The molecule has 0 saturated heterocycles. The molecular weight excluding hydrogens is 198 g/mol. The normalized spacial score (nSPS) is 12.8. The van der Waals surface area contributed by atoms with Crippen molar-refractivity contribution in [3.8, 4) is 0 Å². The molecule has 1 unspecified atom stereocenters. The topological polar surface area (TPSA) is 39.1 Å². The van der Waals surface area contributed by atoms with Gasteiger partial charge in [-0.25, -0.2) is 0 Å². The molecule has 78 valence electrons. The van der Waals surface area contributed by atoms with Crippen LogP contribution >= 0.6 is 0 Å². The number of nitrogens with zero attached hydrogens (tertiary/aromatic N) is 1. The summed E-state index contributed by atoms with van der Waals surface area (Å²) in [6.45, 7) is 4.59. The Morgan fingerprint density at radius 2 is 2.14 bits per heavy atom. The lowest BCUT2D eigenvalue weighted by Crippen LogP contribution is -2.09. The van der Waals surface area contributed by atoms with Crippen molar-refractivity contribution in [1.82, 2.24) is 4.57 Å². The van der Waals surface area contributed by atoms with Crippen molar-refractivity contribution >= 4 is 17.1 Å². The highest BCUT2D eigenvalue weighted by Crippen LogP contribution is 2.12. The first-order chi connectivity index (χ1) is 6.56. The van der Waals surface area contributed by atoms with Gasteiger partial charge in [-0.2, -0.15) is 0 Å². The molecule has 1 heterocycles. The van der Waals surface area contributed by atoms with Crippen molar-refractivity contribution in [3.63, 3.8) is 0 Å². The number of hydrogen-bond acceptors (Lipinski definition) is 2. The zero-order valence-electron chi connectivity index (χ0n) is 8.74. The van der Waals surface area contributed by atoms with Crippen molar-refractivity contribution in [2.75, 3.05) is 12.0 Å². The molecule has 1 atom stereocenters. The zero-order chi connectivity index (χ0) is 10.7. The molecule has 1 aromatic heterocycles. The Balaban J connectivity index is 2.90. The predicted molar refractivity (Wildman–Crippen MR) is 58.2 cm³/mol. The average Bonchev–Trinajstić information content (AvgIpc) is 2.39. The van der Waals surface area contributed by atoms with E-state index < -0.39 is 10.8 Å². The van der Waals surface area contributed by atoms with E-state index >= 15 is 0 Å². The van der Waals surface area contributed by atoms with E-state index in [0.717, 1.165) is 23.2 Å². The average molecular weight is 213 g/mol. The van der Waals surface area contributed by atoms with Crippen LogP contribution in [0.4, 0.5) is 0 Å². The van der Waals surface area contributed by atoms with Crippen LogP contribution in [-0.4, -0.2) is 27.1 Å². The molecular formula is C10H15NO2S. The Hall–Kier alpha value is -0.900. The summed E-state index contributed by atoms with van der Waals surface area (Å²) in [6.07, 6.45) is 2.55. The Labute approximate surface area is 86.6 Å². The minimum atomic E-state index is -0.784. The number of aromatic nitrogens is 1. The van der Waals surface area contributed by atoms with Gasteiger partial charge in [0.1, 0.15) is 0 Å². The van der Waals surface area contributed by atoms with E-state index in [2.05, 4.69) is 0 Å². The number of aryl methyl sites for hydroxylation is 1. The molecule has 0 spiro atoms. The highest BCUT2D eigenvalue weighted by atomic mass is 32.2. The molecule has 3 nitrogen and oxygen atoms in total. The van der Waals surface area contributed by atoms with E-state index in [-0.39, 0.29) is 0 Å². The molecule has 0 amide bonds. The highest BCUT2D eigenvalue weighted by molar-refractivity contribution is 7.84. The van der Waals surface area contributed by atoms with Crippen LogP contribution in [0.5, 0.6) is 0 Å². The molecule has 0 aliphatic carbocycles. The van der Waals surface area contributed by atoms with Crippen LogP contribution in [0, 0.1) is 13.8 Å². The molecule has 0 N–H and O–H groups in total. The monoisotopic (exact) mass is 213 g/mol. The van der Waals surface area contributed by atoms with Gasteiger partial charge in [-0.3, -0.25) is 9.00 Å². The molecule has 0 saturated carbocycles. The highest BCUT2D eigenvalue weighted by Gasteiger charge is 2.07. The third kappa shape index (κ3) is 2.32. The third-order valence-corrected chi connectivity index (χ3v) is 3.10. The fraction of sp³-hybridized carbons (Fsp3) is 0.500. The first kappa shape index (κ1) is 11.2. The van der Waals surface area contributed by atoms with Gasteiger partial charge in [0, 0.05) is 46.3 Å². The lowest BCUT2D eigenvalue weighted by molar-refractivity contribution is 0.112. The standard InChI is InChI=1S/C10H15NO2S/c1-8-6-10(7-12)9(2)11(8)4-5-14(3)13/h6-7H,4-5H2,1-3H3. The largest absolute Gasteiger partial charge is 0.348 e. The summed E-state index contributed by atoms with van der Waals surface area (Å²) in [5, 5.41) is 0. The minimum absolute atomic E-state index is 0.634. The van der Waals surface area contributed by atoms with Gasteiger partial charge in [0.05, 0.1) is 0 Å². The van der Waals surface area contributed by atoms with Crippen molar-refractivity contribution in [3.05, 3.63) is 23.0 Å². The predicted octanol–water partition coefficient (Wildman–Crippen LogP) is 1.30. The van der Waals surface area contributed by atoms with Gasteiger partial charge in [-0.15, -0.1) is 0 Å². The minimum Gasteiger partial charge on any atom is -0.348 e. The van der Waals surface area contributed by atoms with Crippen LogP contribution in [0.3, 0.4) is 0 Å². The lowest BCUT2D eigenvalue weighted by Gasteiger charge is -2.07. The van der Waals surface area contributed by atoms with Gasteiger partial charge in [-0.1, -0.05) is 0 Å². The molecule has 1 aromatic rings. The van der Waals surface area contributed by atoms with Crippen LogP contribution in [0.15, 0.2) is 6.07 Å². The first-order valence-electron chi connectivity index (χ1n) is 4.48. The number of aldehydes is 1. The second-order valence-electron chi connectivity index (χ2n) is 3.37. The van der Waals surface area contributed by atoms with E-state index in [1.165, 1.54) is 0 Å². The van der Waals surface area contributed by atoms with Gasteiger partial charge < -0.3 is 4.57 Å². The van der Waals surface area contributed by atoms with E-state index in [1.54, 1.807) is 6.26 Å². The van der Waals surface area contributed by atoms with Gasteiger partial charge >= 0.3 is 0 Å². The Kier molecular flexibility index (Phi) is 3.63. The summed E-state index contributed by atoms with van der Waals surface area (Å²) in [6, 6.07) is 1.86. The maximum atomic E-state index is 10.9. The third-order valence-electron chi connectivity index (χ3n) is 2.34. The van der Waals surface area contributed by atoms with Crippen molar-refractivity contribution in [2.24, 2.45) is 0 Å². The summed E-state index contributed by atoms with van der Waals surface area (Å²) >= 11 is 0. The van der Waals surface area contributed by atoms with Gasteiger partial charge in [0.15, 0.2) is 6.29 Å². The second-order valence-corrected chi connectivity index (χ2v) is 4.93. The summed E-state index contributed by atoms with van der Waals surface area (Å²) in [5.74, 6) is 0.634. The lowest BCUT2D eigenvalue weighted by atomic mass is 10.3. The van der Waals surface area contributed by atoms with Gasteiger partial charge in [0.25, 0.3) is 0 Å². The fourth-order valence-electron chi connectivity index (χ4n) is 1.51. The Bertz CT molecular complexity index is 368. The summed E-state index contributed by atoms with van der Waals surface area (Å²) in [7, 11) is -0.784. The molecule has 0 bridgehead atoms. The summed E-state index contributed by atoms with van der Waals surface area (Å²) in [4.78, 5) is 10.7. The summed E-state index contributed by atoms with van der Waals surface area (Å²) in [5.41, 5.74) is 2.74. The Morgan fingerprint density at radius 3 is 2.57 bits per heavy atom. The number of rotatable bonds is 4.